The highest BCUT2D eigenvalue weighted by atomic mass is 16.7. The molecular formula is C19H27NO4. The molecule has 0 radical (unpaired) electrons. The van der Waals surface area contributed by atoms with Crippen molar-refractivity contribution in [2.45, 2.75) is 51.7 Å². The zero-order valence-corrected chi connectivity index (χ0v) is 14.8. The SMILES string of the molecule is CCCCOc1ccc(C2=CC3(CCOC3)ON2)cc1OC(C)C. The summed E-state index contributed by atoms with van der Waals surface area (Å²) in [7, 11) is 0. The van der Waals surface area contributed by atoms with E-state index in [1.54, 1.807) is 0 Å². The van der Waals surface area contributed by atoms with Crippen molar-refractivity contribution >= 4 is 5.70 Å². The Hall–Kier alpha value is -1.72. The molecule has 1 aromatic carbocycles. The molecule has 5 heteroatoms. The lowest BCUT2D eigenvalue weighted by Gasteiger charge is -2.16. The van der Waals surface area contributed by atoms with E-state index in [1.807, 2.05) is 32.0 Å². The minimum Gasteiger partial charge on any atom is -0.490 e. The Kier molecular flexibility index (Phi) is 5.31. The fraction of sp³-hybridized carbons (Fsp3) is 0.579. The van der Waals surface area contributed by atoms with Crippen LogP contribution in [0.5, 0.6) is 11.5 Å². The van der Waals surface area contributed by atoms with Crippen LogP contribution in [0.4, 0.5) is 0 Å². The summed E-state index contributed by atoms with van der Waals surface area (Å²) in [5.74, 6) is 1.56. The number of hydrogen-bond acceptors (Lipinski definition) is 5. The Bertz CT molecular complexity index is 591. The van der Waals surface area contributed by atoms with E-state index in [0.717, 1.165) is 48.6 Å². The van der Waals surface area contributed by atoms with Gasteiger partial charge in [0, 0.05) is 18.6 Å². The molecule has 1 fully saturated rings. The van der Waals surface area contributed by atoms with Crippen LogP contribution in [0, 0.1) is 0 Å². The molecule has 2 heterocycles. The van der Waals surface area contributed by atoms with E-state index in [9.17, 15) is 0 Å². The molecule has 2 aliphatic heterocycles. The molecule has 0 aromatic heterocycles. The molecule has 1 spiro atoms. The van der Waals surface area contributed by atoms with Gasteiger partial charge in [0.05, 0.1) is 25.0 Å². The van der Waals surface area contributed by atoms with Crippen molar-refractivity contribution in [3.05, 3.63) is 29.8 Å². The van der Waals surface area contributed by atoms with E-state index >= 15 is 0 Å². The molecule has 1 atom stereocenters. The number of unbranched alkanes of at least 4 members (excludes halogenated alkanes) is 1. The number of ether oxygens (including phenoxy) is 3. The van der Waals surface area contributed by atoms with Crippen molar-refractivity contribution in [2.75, 3.05) is 19.8 Å². The third-order valence-electron chi connectivity index (χ3n) is 4.16. The summed E-state index contributed by atoms with van der Waals surface area (Å²) in [5.41, 5.74) is 4.69. The summed E-state index contributed by atoms with van der Waals surface area (Å²) in [6, 6.07) is 6.02. The lowest BCUT2D eigenvalue weighted by molar-refractivity contribution is -0.0373. The first-order valence-corrected chi connectivity index (χ1v) is 8.80. The van der Waals surface area contributed by atoms with Gasteiger partial charge in [0.25, 0.3) is 0 Å². The van der Waals surface area contributed by atoms with Crippen LogP contribution in [0.1, 0.15) is 45.6 Å². The van der Waals surface area contributed by atoms with Crippen LogP contribution >= 0.6 is 0 Å². The zero-order chi connectivity index (χ0) is 17.0. The second-order valence-corrected chi connectivity index (χ2v) is 6.66. The molecule has 1 saturated heterocycles. The molecule has 0 aliphatic carbocycles. The predicted octanol–water partition coefficient (Wildman–Crippen LogP) is 3.69. The summed E-state index contributed by atoms with van der Waals surface area (Å²) in [6.07, 6.45) is 5.22. The molecule has 0 saturated carbocycles. The highest BCUT2D eigenvalue weighted by molar-refractivity contribution is 5.68. The summed E-state index contributed by atoms with van der Waals surface area (Å²) < 4.78 is 17.3. The highest BCUT2D eigenvalue weighted by Gasteiger charge is 2.39. The molecule has 0 bridgehead atoms. The Morgan fingerprint density at radius 3 is 2.88 bits per heavy atom. The maximum Gasteiger partial charge on any atom is 0.162 e. The van der Waals surface area contributed by atoms with E-state index in [2.05, 4.69) is 18.5 Å². The van der Waals surface area contributed by atoms with Crippen LogP contribution in [-0.2, 0) is 9.57 Å². The van der Waals surface area contributed by atoms with E-state index in [0.29, 0.717) is 13.2 Å². The average Bonchev–Trinajstić information content (AvgIpc) is 3.19. The van der Waals surface area contributed by atoms with E-state index in [4.69, 9.17) is 19.0 Å². The molecule has 5 nitrogen and oxygen atoms in total. The number of rotatable bonds is 7. The lowest BCUT2D eigenvalue weighted by Crippen LogP contribution is -2.29. The molecule has 0 amide bonds. The van der Waals surface area contributed by atoms with Crippen LogP contribution in [-0.4, -0.2) is 31.5 Å². The van der Waals surface area contributed by atoms with E-state index in [1.165, 1.54) is 0 Å². The summed E-state index contributed by atoms with van der Waals surface area (Å²) >= 11 is 0. The van der Waals surface area contributed by atoms with Crippen molar-refractivity contribution in [2.24, 2.45) is 0 Å². The van der Waals surface area contributed by atoms with Gasteiger partial charge in [-0.15, -0.1) is 0 Å². The molecule has 3 rings (SSSR count). The van der Waals surface area contributed by atoms with Crippen LogP contribution in [0.2, 0.25) is 0 Å². The van der Waals surface area contributed by atoms with Crippen molar-refractivity contribution < 1.29 is 19.0 Å². The Morgan fingerprint density at radius 2 is 2.17 bits per heavy atom. The second-order valence-electron chi connectivity index (χ2n) is 6.66. The van der Waals surface area contributed by atoms with Gasteiger partial charge in [0.2, 0.25) is 0 Å². The second kappa shape index (κ2) is 7.45. The third kappa shape index (κ3) is 3.84. The van der Waals surface area contributed by atoms with Crippen LogP contribution in [0.15, 0.2) is 24.3 Å². The molecule has 24 heavy (non-hydrogen) atoms. The molecule has 1 aromatic rings. The first-order valence-electron chi connectivity index (χ1n) is 8.80. The van der Waals surface area contributed by atoms with Gasteiger partial charge in [-0.05, 0) is 44.5 Å². The standard InChI is InChI=1S/C19H27NO4/c1-4-5-9-22-17-7-6-15(11-18(17)23-14(2)3)16-12-19(24-20-16)8-10-21-13-19/h6-7,11-12,14,20H,4-5,8-10,13H2,1-3H3. The summed E-state index contributed by atoms with van der Waals surface area (Å²) in [6.45, 7) is 8.22. The first kappa shape index (κ1) is 17.1. The van der Waals surface area contributed by atoms with Crippen LogP contribution in [0.25, 0.3) is 5.70 Å². The number of hydrogen-bond donors (Lipinski definition) is 1. The predicted molar refractivity (Wildman–Crippen MR) is 93.0 cm³/mol. The third-order valence-corrected chi connectivity index (χ3v) is 4.16. The van der Waals surface area contributed by atoms with Gasteiger partial charge in [0.15, 0.2) is 11.5 Å². The fourth-order valence-electron chi connectivity index (χ4n) is 2.84. The maximum absolute atomic E-state index is 5.95. The van der Waals surface area contributed by atoms with Crippen LogP contribution in [0.3, 0.4) is 0 Å². The molecule has 2 aliphatic rings. The van der Waals surface area contributed by atoms with Gasteiger partial charge in [-0.25, -0.2) is 0 Å². The monoisotopic (exact) mass is 333 g/mol. The van der Waals surface area contributed by atoms with E-state index < -0.39 is 0 Å². The van der Waals surface area contributed by atoms with Gasteiger partial charge in [-0.3, -0.25) is 10.3 Å². The van der Waals surface area contributed by atoms with Crippen molar-refractivity contribution in [3.8, 4) is 11.5 Å². The van der Waals surface area contributed by atoms with Gasteiger partial charge in [-0.1, -0.05) is 13.3 Å². The van der Waals surface area contributed by atoms with Gasteiger partial charge >= 0.3 is 0 Å². The highest BCUT2D eigenvalue weighted by Crippen LogP contribution is 2.36. The van der Waals surface area contributed by atoms with Crippen LogP contribution < -0.4 is 15.0 Å². The number of nitrogens with one attached hydrogen (secondary N) is 1. The van der Waals surface area contributed by atoms with Gasteiger partial charge in [-0.2, -0.15) is 0 Å². The summed E-state index contributed by atoms with van der Waals surface area (Å²) in [5, 5.41) is 0. The van der Waals surface area contributed by atoms with Gasteiger partial charge in [0.1, 0.15) is 5.60 Å². The quantitative estimate of drug-likeness (QED) is 0.771. The topological polar surface area (TPSA) is 49.0 Å². The largest absolute Gasteiger partial charge is 0.490 e. The van der Waals surface area contributed by atoms with Crippen molar-refractivity contribution in [1.29, 1.82) is 0 Å². The Morgan fingerprint density at radius 1 is 1.29 bits per heavy atom. The lowest BCUT2D eigenvalue weighted by atomic mass is 10.0. The fourth-order valence-corrected chi connectivity index (χ4v) is 2.84. The Balaban J connectivity index is 1.81. The first-order chi connectivity index (χ1) is 11.6. The summed E-state index contributed by atoms with van der Waals surface area (Å²) in [4.78, 5) is 5.76. The van der Waals surface area contributed by atoms with Gasteiger partial charge < -0.3 is 14.2 Å². The minimum atomic E-state index is -0.329. The molecule has 1 unspecified atom stereocenters. The van der Waals surface area contributed by atoms with Crippen molar-refractivity contribution in [3.63, 3.8) is 0 Å². The normalized spacial score (nSPS) is 22.8. The molecule has 132 valence electrons. The van der Waals surface area contributed by atoms with E-state index in [-0.39, 0.29) is 11.7 Å². The number of hydroxylamine groups is 1. The smallest absolute Gasteiger partial charge is 0.162 e. The average molecular weight is 333 g/mol. The van der Waals surface area contributed by atoms with Crippen molar-refractivity contribution in [1.82, 2.24) is 5.48 Å². The Labute approximate surface area is 143 Å². The zero-order valence-electron chi connectivity index (χ0n) is 14.8. The minimum absolute atomic E-state index is 0.0881. The maximum atomic E-state index is 5.95. The molecule has 1 N–H and O–H groups in total. The molecular weight excluding hydrogens is 306 g/mol. The number of benzene rings is 1.